The Balaban J connectivity index is 1.63. The zero-order valence-electron chi connectivity index (χ0n) is 19.3. The van der Waals surface area contributed by atoms with Crippen LogP contribution in [0, 0.1) is 6.92 Å². The fourth-order valence-corrected chi connectivity index (χ4v) is 5.04. The molecule has 34 heavy (non-hydrogen) atoms. The number of hydrazine groups is 1. The number of nitrogens with one attached hydrogen (secondary N) is 3. The third kappa shape index (κ3) is 4.31. The molecule has 0 saturated heterocycles. The van der Waals surface area contributed by atoms with Gasteiger partial charge in [0.1, 0.15) is 16.5 Å². The molecular weight excluding hydrogens is 452 g/mol. The van der Waals surface area contributed by atoms with E-state index in [0.29, 0.717) is 23.1 Å². The number of anilines is 3. The molecule has 2 atom stereocenters. The van der Waals surface area contributed by atoms with Crippen molar-refractivity contribution in [1.29, 1.82) is 0 Å². The van der Waals surface area contributed by atoms with Gasteiger partial charge in [-0.05, 0) is 43.5 Å². The van der Waals surface area contributed by atoms with Crippen LogP contribution < -0.4 is 21.2 Å². The van der Waals surface area contributed by atoms with E-state index >= 15 is 0 Å². The number of hydrogen-bond donors (Lipinski definition) is 3. The van der Waals surface area contributed by atoms with Gasteiger partial charge in [-0.1, -0.05) is 42.6 Å². The topological polar surface area (TPSA) is 97.3 Å². The second kappa shape index (κ2) is 9.19. The summed E-state index contributed by atoms with van der Waals surface area (Å²) < 4.78 is 2.09. The van der Waals surface area contributed by atoms with Crippen LogP contribution in [-0.4, -0.2) is 39.6 Å². The minimum absolute atomic E-state index is 0.0651. The van der Waals surface area contributed by atoms with Crippen LogP contribution in [0.4, 0.5) is 17.2 Å². The number of benzene rings is 1. The lowest BCUT2D eigenvalue weighted by molar-refractivity contribution is -0.268. The first kappa shape index (κ1) is 22.6. The fraction of sp³-hybridized carbons (Fsp3) is 0.360. The average molecular weight is 480 g/mol. The van der Waals surface area contributed by atoms with E-state index in [1.165, 1.54) is 12.1 Å². The lowest BCUT2D eigenvalue weighted by Crippen LogP contribution is -2.55. The normalized spacial score (nSPS) is 20.1. The van der Waals surface area contributed by atoms with Crippen LogP contribution in [0.1, 0.15) is 47.3 Å². The first-order valence-corrected chi connectivity index (χ1v) is 12.0. The molecular formula is C25H28ClN6O2-. The van der Waals surface area contributed by atoms with Crippen molar-refractivity contribution in [2.75, 3.05) is 17.7 Å². The summed E-state index contributed by atoms with van der Waals surface area (Å²) in [5.41, 5.74) is 7.49. The monoisotopic (exact) mass is 479 g/mol. The third-order valence-electron chi connectivity index (χ3n) is 6.74. The molecule has 3 N–H and O–H groups in total. The molecule has 0 bridgehead atoms. The van der Waals surface area contributed by atoms with E-state index in [-0.39, 0.29) is 23.7 Å². The molecule has 9 heteroatoms. The first-order chi connectivity index (χ1) is 16.4. The number of fused-ring (bicyclic) bond motifs is 2. The van der Waals surface area contributed by atoms with Crippen molar-refractivity contribution < 1.29 is 9.90 Å². The second-order valence-corrected chi connectivity index (χ2v) is 9.43. The summed E-state index contributed by atoms with van der Waals surface area (Å²) in [6.45, 7) is 2.53. The molecule has 1 saturated carbocycles. The lowest BCUT2D eigenvalue weighted by Gasteiger charge is -2.38. The number of rotatable bonds is 4. The van der Waals surface area contributed by atoms with Crippen molar-refractivity contribution in [3.63, 3.8) is 0 Å². The van der Waals surface area contributed by atoms with Gasteiger partial charge in [0, 0.05) is 36.7 Å². The first-order valence-electron chi connectivity index (χ1n) is 11.6. The van der Waals surface area contributed by atoms with Crippen molar-refractivity contribution in [3.8, 4) is 5.75 Å². The van der Waals surface area contributed by atoms with Crippen molar-refractivity contribution in [1.82, 2.24) is 20.0 Å². The summed E-state index contributed by atoms with van der Waals surface area (Å²) in [5, 5.41) is 20.8. The van der Waals surface area contributed by atoms with Crippen molar-refractivity contribution in [3.05, 3.63) is 64.6 Å². The predicted octanol–water partition coefficient (Wildman–Crippen LogP) is 4.02. The Hall–Kier alpha value is -3.23. The summed E-state index contributed by atoms with van der Waals surface area (Å²) in [6, 6.07) is 10.6. The summed E-state index contributed by atoms with van der Waals surface area (Å²) in [6.07, 6.45) is 6.11. The van der Waals surface area contributed by atoms with Gasteiger partial charge in [0.15, 0.2) is 0 Å². The number of carbonyl (C=O) groups excluding carboxylic acids is 1. The quantitative estimate of drug-likeness (QED) is 0.489. The van der Waals surface area contributed by atoms with Crippen LogP contribution in [0.25, 0.3) is 0 Å². The van der Waals surface area contributed by atoms with Crippen LogP contribution in [0.3, 0.4) is 0 Å². The standard InChI is InChI=1S/C25H29ClN6O2/c1-15-23-22(25(34)31(2)30-20-6-4-3-5-19(20)29-23)24(28-17-8-10-18(33)11-9-17)32(15)14-16-7-12-21(26)27-13-16/h7-13,19-20,28-30,33H,3-6,14H2,1-2H3/p-1. The van der Waals surface area contributed by atoms with E-state index in [4.69, 9.17) is 11.6 Å². The van der Waals surface area contributed by atoms with Gasteiger partial charge in [-0.3, -0.25) is 9.80 Å². The van der Waals surface area contributed by atoms with Gasteiger partial charge in [-0.15, -0.1) is 5.75 Å². The molecule has 178 valence electrons. The van der Waals surface area contributed by atoms with E-state index < -0.39 is 0 Å². The van der Waals surface area contributed by atoms with Gasteiger partial charge in [0.2, 0.25) is 0 Å². The van der Waals surface area contributed by atoms with E-state index in [9.17, 15) is 9.90 Å². The summed E-state index contributed by atoms with van der Waals surface area (Å²) in [5.74, 6) is 0.483. The Labute approximate surface area is 203 Å². The van der Waals surface area contributed by atoms with Gasteiger partial charge in [0.25, 0.3) is 5.91 Å². The summed E-state index contributed by atoms with van der Waals surface area (Å²) in [4.78, 5) is 17.9. The largest absolute Gasteiger partial charge is 0.872 e. The highest BCUT2D eigenvalue weighted by Crippen LogP contribution is 2.38. The van der Waals surface area contributed by atoms with Crippen LogP contribution in [0.5, 0.6) is 5.75 Å². The molecule has 2 aromatic heterocycles. The number of pyridine rings is 1. The van der Waals surface area contributed by atoms with E-state index in [0.717, 1.165) is 48.3 Å². The molecule has 3 heterocycles. The zero-order valence-corrected chi connectivity index (χ0v) is 20.0. The Morgan fingerprint density at radius 3 is 2.59 bits per heavy atom. The van der Waals surface area contributed by atoms with Gasteiger partial charge < -0.3 is 20.3 Å². The van der Waals surface area contributed by atoms with Crippen LogP contribution in [0.15, 0.2) is 42.6 Å². The van der Waals surface area contributed by atoms with Gasteiger partial charge in [0.05, 0.1) is 12.2 Å². The van der Waals surface area contributed by atoms with Crippen LogP contribution in [0.2, 0.25) is 5.15 Å². The minimum atomic E-state index is -0.120. The SMILES string of the molecule is Cc1c2c(c(Nc3ccc([O-])cc3)n1Cc1ccc(Cl)nc1)C(=O)N(C)NC1CCCCC1N2. The van der Waals surface area contributed by atoms with Crippen molar-refractivity contribution >= 4 is 34.7 Å². The number of amides is 1. The molecule has 1 aliphatic heterocycles. The Morgan fingerprint density at radius 1 is 1.15 bits per heavy atom. The predicted molar refractivity (Wildman–Crippen MR) is 132 cm³/mol. The van der Waals surface area contributed by atoms with Gasteiger partial charge in [-0.25, -0.2) is 10.4 Å². The van der Waals surface area contributed by atoms with E-state index in [1.807, 2.05) is 13.0 Å². The number of hydrogen-bond acceptors (Lipinski definition) is 6. The van der Waals surface area contributed by atoms with Crippen molar-refractivity contribution in [2.24, 2.45) is 0 Å². The molecule has 2 aliphatic rings. The highest BCUT2D eigenvalue weighted by atomic mass is 35.5. The molecule has 1 fully saturated rings. The third-order valence-corrected chi connectivity index (χ3v) is 6.97. The molecule has 1 aliphatic carbocycles. The fourth-order valence-electron chi connectivity index (χ4n) is 4.93. The maximum Gasteiger partial charge on any atom is 0.273 e. The second-order valence-electron chi connectivity index (χ2n) is 9.04. The molecule has 0 radical (unpaired) electrons. The molecule has 0 spiro atoms. The number of nitrogens with zero attached hydrogens (tertiary/aromatic N) is 3. The molecule has 1 aromatic carbocycles. The Kier molecular flexibility index (Phi) is 6.10. The molecule has 1 amide bonds. The zero-order chi connectivity index (χ0) is 23.8. The highest BCUT2D eigenvalue weighted by molar-refractivity contribution is 6.29. The minimum Gasteiger partial charge on any atom is -0.872 e. The van der Waals surface area contributed by atoms with Crippen LogP contribution in [-0.2, 0) is 6.54 Å². The highest BCUT2D eigenvalue weighted by Gasteiger charge is 2.36. The molecule has 8 nitrogen and oxygen atoms in total. The number of halogens is 1. The summed E-state index contributed by atoms with van der Waals surface area (Å²) >= 11 is 5.99. The Bertz CT molecular complexity index is 1190. The number of carbonyl (C=O) groups is 1. The number of aromatic nitrogens is 2. The summed E-state index contributed by atoms with van der Waals surface area (Å²) in [7, 11) is 1.79. The average Bonchev–Trinajstić information content (AvgIpc) is 3.07. The van der Waals surface area contributed by atoms with E-state index in [1.54, 1.807) is 36.5 Å². The maximum atomic E-state index is 13.7. The van der Waals surface area contributed by atoms with Crippen molar-refractivity contribution in [2.45, 2.75) is 51.2 Å². The maximum absolute atomic E-state index is 13.7. The van der Waals surface area contributed by atoms with E-state index in [2.05, 4.69) is 25.6 Å². The molecule has 2 unspecified atom stereocenters. The molecule has 3 aromatic rings. The van der Waals surface area contributed by atoms with Gasteiger partial charge >= 0.3 is 0 Å². The van der Waals surface area contributed by atoms with Gasteiger partial charge in [-0.2, -0.15) is 0 Å². The smallest absolute Gasteiger partial charge is 0.273 e. The van der Waals surface area contributed by atoms with Crippen LogP contribution >= 0.6 is 11.6 Å². The Morgan fingerprint density at radius 2 is 1.88 bits per heavy atom. The lowest BCUT2D eigenvalue weighted by atomic mass is 9.90. The molecule has 5 rings (SSSR count).